The van der Waals surface area contributed by atoms with Gasteiger partial charge in [0, 0.05) is 53.3 Å². The maximum Gasteiger partial charge on any atom is 0.257 e. The fourth-order valence-electron chi connectivity index (χ4n) is 2.80. The van der Waals surface area contributed by atoms with Gasteiger partial charge in [-0.15, -0.1) is 0 Å². The molecule has 6 heteroatoms. The average molecular weight is 333 g/mol. The van der Waals surface area contributed by atoms with E-state index in [1.807, 2.05) is 51.2 Å². The van der Waals surface area contributed by atoms with Crippen molar-refractivity contribution in [2.45, 2.75) is 20.0 Å². The standard InChI is InChI=1S/C18H27N3O3/c1-12-10-21(6)18(23)15-9-14(19(3)4)7-8-16(15)24-17(12)11-20(5)13(2)22/h7-9,12,17H,10-11H2,1-6H3/t12-,17-/m0/s1. The molecule has 0 spiro atoms. The number of rotatable bonds is 3. The van der Waals surface area contributed by atoms with Crippen molar-refractivity contribution in [1.82, 2.24) is 9.80 Å². The van der Waals surface area contributed by atoms with Crippen molar-refractivity contribution in [3.05, 3.63) is 23.8 Å². The molecule has 1 aliphatic heterocycles. The van der Waals surface area contributed by atoms with Crippen LogP contribution in [0.3, 0.4) is 0 Å². The van der Waals surface area contributed by atoms with Gasteiger partial charge < -0.3 is 19.4 Å². The Bertz CT molecular complexity index is 630. The second kappa shape index (κ2) is 7.11. The highest BCUT2D eigenvalue weighted by atomic mass is 16.5. The fourth-order valence-corrected chi connectivity index (χ4v) is 2.80. The van der Waals surface area contributed by atoms with Crippen LogP contribution in [0.4, 0.5) is 5.69 Å². The molecule has 0 radical (unpaired) electrons. The Morgan fingerprint density at radius 2 is 2.00 bits per heavy atom. The highest BCUT2D eigenvalue weighted by molar-refractivity contribution is 5.98. The summed E-state index contributed by atoms with van der Waals surface area (Å²) < 4.78 is 6.16. The van der Waals surface area contributed by atoms with E-state index in [9.17, 15) is 9.59 Å². The van der Waals surface area contributed by atoms with Crippen LogP contribution in [0.2, 0.25) is 0 Å². The van der Waals surface area contributed by atoms with Gasteiger partial charge >= 0.3 is 0 Å². The van der Waals surface area contributed by atoms with Crippen LogP contribution in [0.5, 0.6) is 5.75 Å². The predicted molar refractivity (Wildman–Crippen MR) is 94.6 cm³/mol. The number of carbonyl (C=O) groups excluding carboxylic acids is 2. The van der Waals surface area contributed by atoms with Gasteiger partial charge in [-0.1, -0.05) is 6.92 Å². The van der Waals surface area contributed by atoms with Crippen LogP contribution in [0.25, 0.3) is 0 Å². The third-order valence-electron chi connectivity index (χ3n) is 4.52. The third kappa shape index (κ3) is 3.80. The first kappa shape index (κ1) is 18.1. The van der Waals surface area contributed by atoms with E-state index in [1.165, 1.54) is 0 Å². The topological polar surface area (TPSA) is 53.1 Å². The minimum Gasteiger partial charge on any atom is -0.487 e. The van der Waals surface area contributed by atoms with E-state index >= 15 is 0 Å². The van der Waals surface area contributed by atoms with E-state index in [2.05, 4.69) is 0 Å². The molecule has 0 unspecified atom stereocenters. The Kier molecular flexibility index (Phi) is 5.36. The minimum absolute atomic E-state index is 0.000435. The fraction of sp³-hybridized carbons (Fsp3) is 0.556. The number of ether oxygens (including phenoxy) is 1. The van der Waals surface area contributed by atoms with Crippen LogP contribution >= 0.6 is 0 Å². The SMILES string of the molecule is CC(=O)N(C)C[C@@H]1Oc2ccc(N(C)C)cc2C(=O)N(C)C[C@@H]1C. The van der Waals surface area contributed by atoms with Crippen molar-refractivity contribution in [2.75, 3.05) is 46.2 Å². The van der Waals surface area contributed by atoms with Gasteiger partial charge in [0.05, 0.1) is 12.1 Å². The molecular formula is C18H27N3O3. The maximum atomic E-state index is 12.7. The van der Waals surface area contributed by atoms with Gasteiger partial charge in [0.15, 0.2) is 0 Å². The molecule has 0 saturated carbocycles. The lowest BCUT2D eigenvalue weighted by Gasteiger charge is -2.34. The zero-order chi connectivity index (χ0) is 18.0. The molecule has 0 aliphatic carbocycles. The summed E-state index contributed by atoms with van der Waals surface area (Å²) in [7, 11) is 7.45. The van der Waals surface area contributed by atoms with Crippen LogP contribution in [0, 0.1) is 5.92 Å². The zero-order valence-corrected chi connectivity index (χ0v) is 15.4. The van der Waals surface area contributed by atoms with E-state index in [-0.39, 0.29) is 23.8 Å². The number of carbonyl (C=O) groups is 2. The number of hydrogen-bond donors (Lipinski definition) is 0. The van der Waals surface area contributed by atoms with Gasteiger partial charge in [0.25, 0.3) is 5.91 Å². The smallest absolute Gasteiger partial charge is 0.257 e. The molecule has 0 aromatic heterocycles. The molecule has 0 bridgehead atoms. The van der Waals surface area contributed by atoms with Crippen LogP contribution in [0.15, 0.2) is 18.2 Å². The van der Waals surface area contributed by atoms with Crippen LogP contribution in [-0.4, -0.2) is 69.0 Å². The van der Waals surface area contributed by atoms with Gasteiger partial charge in [0.1, 0.15) is 11.9 Å². The highest BCUT2D eigenvalue weighted by Crippen LogP contribution is 2.30. The summed E-state index contributed by atoms with van der Waals surface area (Å²) >= 11 is 0. The van der Waals surface area contributed by atoms with Crippen molar-refractivity contribution < 1.29 is 14.3 Å². The first-order valence-electron chi connectivity index (χ1n) is 8.16. The van der Waals surface area contributed by atoms with Crippen molar-refractivity contribution in [3.63, 3.8) is 0 Å². The van der Waals surface area contributed by atoms with Crippen LogP contribution in [0.1, 0.15) is 24.2 Å². The molecule has 0 fully saturated rings. The molecular weight excluding hydrogens is 306 g/mol. The summed E-state index contributed by atoms with van der Waals surface area (Å²) in [6.07, 6.45) is -0.168. The zero-order valence-electron chi connectivity index (χ0n) is 15.4. The number of likely N-dealkylation sites (N-methyl/N-ethyl adjacent to an activating group) is 1. The second-order valence-electron chi connectivity index (χ2n) is 6.79. The molecule has 1 aromatic rings. The Morgan fingerprint density at radius 3 is 2.58 bits per heavy atom. The largest absolute Gasteiger partial charge is 0.487 e. The lowest BCUT2D eigenvalue weighted by Crippen LogP contribution is -2.45. The van der Waals surface area contributed by atoms with E-state index < -0.39 is 0 Å². The van der Waals surface area contributed by atoms with Gasteiger partial charge in [-0.3, -0.25) is 9.59 Å². The normalized spacial score (nSPS) is 20.6. The number of hydrogen-bond acceptors (Lipinski definition) is 4. The molecule has 1 heterocycles. The van der Waals surface area contributed by atoms with E-state index in [0.717, 1.165) is 5.69 Å². The van der Waals surface area contributed by atoms with Gasteiger partial charge in [-0.25, -0.2) is 0 Å². The molecule has 1 aromatic carbocycles. The summed E-state index contributed by atoms with van der Waals surface area (Å²) in [5, 5.41) is 0. The average Bonchev–Trinajstić information content (AvgIpc) is 2.52. The molecule has 1 aliphatic rings. The molecule has 2 atom stereocenters. The Hall–Kier alpha value is -2.24. The summed E-state index contributed by atoms with van der Waals surface area (Å²) in [4.78, 5) is 29.6. The molecule has 2 amide bonds. The number of fused-ring (bicyclic) bond motifs is 1. The summed E-state index contributed by atoms with van der Waals surface area (Å²) in [5.74, 6) is 0.646. The van der Waals surface area contributed by atoms with Crippen molar-refractivity contribution in [3.8, 4) is 5.75 Å². The first-order valence-corrected chi connectivity index (χ1v) is 8.16. The molecule has 2 rings (SSSR count). The predicted octanol–water partition coefficient (Wildman–Crippen LogP) is 1.70. The molecule has 132 valence electrons. The van der Waals surface area contributed by atoms with Crippen LogP contribution in [-0.2, 0) is 4.79 Å². The summed E-state index contributed by atoms with van der Waals surface area (Å²) in [6, 6.07) is 5.63. The van der Waals surface area contributed by atoms with Gasteiger partial charge in [-0.2, -0.15) is 0 Å². The lowest BCUT2D eigenvalue weighted by molar-refractivity contribution is -0.129. The van der Waals surface area contributed by atoms with Crippen molar-refractivity contribution >= 4 is 17.5 Å². The van der Waals surface area contributed by atoms with E-state index in [0.29, 0.717) is 24.4 Å². The van der Waals surface area contributed by atoms with E-state index in [1.54, 1.807) is 23.8 Å². The maximum absolute atomic E-state index is 12.7. The summed E-state index contributed by atoms with van der Waals surface area (Å²) in [5.41, 5.74) is 1.51. The highest BCUT2D eigenvalue weighted by Gasteiger charge is 2.30. The number of amides is 2. The van der Waals surface area contributed by atoms with Crippen molar-refractivity contribution in [2.24, 2.45) is 5.92 Å². The molecule has 6 nitrogen and oxygen atoms in total. The number of nitrogens with zero attached hydrogens (tertiary/aromatic N) is 3. The third-order valence-corrected chi connectivity index (χ3v) is 4.52. The lowest BCUT2D eigenvalue weighted by atomic mass is 10.0. The van der Waals surface area contributed by atoms with Crippen molar-refractivity contribution in [1.29, 1.82) is 0 Å². The Labute approximate surface area is 144 Å². The monoisotopic (exact) mass is 333 g/mol. The Balaban J connectivity index is 2.39. The first-order chi connectivity index (χ1) is 11.2. The molecule has 24 heavy (non-hydrogen) atoms. The minimum atomic E-state index is -0.168. The molecule has 0 N–H and O–H groups in total. The number of anilines is 1. The summed E-state index contributed by atoms with van der Waals surface area (Å²) in [6.45, 7) is 4.66. The molecule has 0 saturated heterocycles. The second-order valence-corrected chi connectivity index (χ2v) is 6.79. The van der Waals surface area contributed by atoms with Gasteiger partial charge in [0.2, 0.25) is 5.91 Å². The quantitative estimate of drug-likeness (QED) is 0.845. The van der Waals surface area contributed by atoms with Gasteiger partial charge in [-0.05, 0) is 18.2 Å². The Morgan fingerprint density at radius 1 is 1.33 bits per heavy atom. The number of benzene rings is 1. The van der Waals surface area contributed by atoms with E-state index in [4.69, 9.17) is 4.74 Å². The van der Waals surface area contributed by atoms with Crippen LogP contribution < -0.4 is 9.64 Å².